The summed E-state index contributed by atoms with van der Waals surface area (Å²) in [6.45, 7) is 3.99. The van der Waals surface area contributed by atoms with Gasteiger partial charge in [-0.3, -0.25) is 9.78 Å². The summed E-state index contributed by atoms with van der Waals surface area (Å²) in [5.41, 5.74) is 3.81. The van der Waals surface area contributed by atoms with Crippen molar-refractivity contribution < 1.29 is 4.79 Å². The monoisotopic (exact) mass is 383 g/mol. The van der Waals surface area contributed by atoms with Crippen molar-refractivity contribution in [2.75, 3.05) is 0 Å². The summed E-state index contributed by atoms with van der Waals surface area (Å²) in [5, 5.41) is 0. The van der Waals surface area contributed by atoms with Gasteiger partial charge < -0.3 is 0 Å². The van der Waals surface area contributed by atoms with Crippen LogP contribution in [0.2, 0.25) is 0 Å². The molecule has 0 spiro atoms. The number of carbonyl (C=O) groups excluding carboxylic acids is 1. The van der Waals surface area contributed by atoms with Gasteiger partial charge in [0.25, 0.3) is 0 Å². The second-order valence-electron chi connectivity index (χ2n) is 4.39. The summed E-state index contributed by atoms with van der Waals surface area (Å²) in [4.78, 5) is 16.1. The third-order valence-corrected chi connectivity index (χ3v) is 3.66. The van der Waals surface area contributed by atoms with Crippen molar-refractivity contribution in [3.8, 4) is 0 Å². The number of carbonyl (C=O) groups is 1. The first-order chi connectivity index (χ1) is 8.58. The molecule has 2 rings (SSSR count). The minimum atomic E-state index is -0.340. The molecule has 1 aromatic carbocycles. The Bertz CT molecular complexity index is 549. The highest BCUT2D eigenvalue weighted by molar-refractivity contribution is 9.09. The molecule has 0 fully saturated rings. The Morgan fingerprint density at radius 2 is 1.84 bits per heavy atom. The highest BCUT2D eigenvalue weighted by Gasteiger charge is 2.19. The van der Waals surface area contributed by atoms with Gasteiger partial charge in [-0.2, -0.15) is 0 Å². The summed E-state index contributed by atoms with van der Waals surface area (Å²) < 4.78 is 0. The lowest BCUT2D eigenvalue weighted by Crippen LogP contribution is -2.08. The lowest BCUT2D eigenvalue weighted by atomic mass is 10.0. The smallest absolute Gasteiger partial charge is 0.180 e. The maximum atomic E-state index is 12.4. The Balaban J connectivity index is 0.00000180. The quantitative estimate of drug-likeness (QED) is 0.571. The van der Waals surface area contributed by atoms with Gasteiger partial charge >= 0.3 is 0 Å². The van der Waals surface area contributed by atoms with E-state index in [2.05, 4.69) is 27.0 Å². The third-order valence-electron chi connectivity index (χ3n) is 2.71. The molecule has 100 valence electrons. The average Bonchev–Trinajstić information content (AvgIpc) is 2.37. The molecule has 2 aromatic rings. The molecular formula is C15H15Br2NO. The van der Waals surface area contributed by atoms with E-state index < -0.39 is 0 Å². The molecule has 0 aliphatic rings. The van der Waals surface area contributed by atoms with Crippen LogP contribution in [0.15, 0.2) is 42.7 Å². The van der Waals surface area contributed by atoms with E-state index in [4.69, 9.17) is 0 Å². The van der Waals surface area contributed by atoms with Gasteiger partial charge in [-0.25, -0.2) is 0 Å². The Morgan fingerprint density at radius 3 is 2.37 bits per heavy atom. The van der Waals surface area contributed by atoms with E-state index in [0.29, 0.717) is 0 Å². The molecule has 0 saturated carbocycles. The Labute approximate surface area is 132 Å². The van der Waals surface area contributed by atoms with E-state index in [0.717, 1.165) is 22.3 Å². The van der Waals surface area contributed by atoms with Gasteiger partial charge in [-0.15, -0.1) is 17.0 Å². The zero-order valence-corrected chi connectivity index (χ0v) is 14.1. The molecule has 1 unspecified atom stereocenters. The zero-order valence-electron chi connectivity index (χ0n) is 10.8. The van der Waals surface area contributed by atoms with Crippen molar-refractivity contribution in [3.63, 3.8) is 0 Å². The third kappa shape index (κ3) is 3.98. The van der Waals surface area contributed by atoms with E-state index in [9.17, 15) is 4.79 Å². The van der Waals surface area contributed by atoms with Gasteiger partial charge in [0.2, 0.25) is 0 Å². The van der Waals surface area contributed by atoms with Gasteiger partial charge in [0.1, 0.15) is 4.83 Å². The van der Waals surface area contributed by atoms with E-state index in [1.165, 1.54) is 0 Å². The summed E-state index contributed by atoms with van der Waals surface area (Å²) in [5.74, 6) is 0.0646. The molecule has 0 N–H and O–H groups in total. The number of Topliss-reactive ketones (excluding diaryl/α,β-unsaturated/α-hetero) is 1. The van der Waals surface area contributed by atoms with E-state index in [1.54, 1.807) is 12.4 Å². The molecule has 1 aromatic heterocycles. The molecular weight excluding hydrogens is 370 g/mol. The van der Waals surface area contributed by atoms with Crippen LogP contribution in [0, 0.1) is 13.8 Å². The van der Waals surface area contributed by atoms with Crippen LogP contribution in [0.5, 0.6) is 0 Å². The normalized spacial score (nSPS) is 11.5. The van der Waals surface area contributed by atoms with Crippen molar-refractivity contribution in [1.82, 2.24) is 4.98 Å². The van der Waals surface area contributed by atoms with Crippen molar-refractivity contribution in [2.45, 2.75) is 18.7 Å². The SMILES string of the molecule is Br.Cc1cc(C)cc(C(=O)C(Br)c2cccnc2)c1. The molecule has 19 heavy (non-hydrogen) atoms. The zero-order chi connectivity index (χ0) is 13.1. The molecule has 0 bridgehead atoms. The Morgan fingerprint density at radius 1 is 1.21 bits per heavy atom. The fourth-order valence-corrected chi connectivity index (χ4v) is 2.48. The predicted molar refractivity (Wildman–Crippen MR) is 86.5 cm³/mol. The van der Waals surface area contributed by atoms with Gasteiger partial charge in [0.05, 0.1) is 0 Å². The average molecular weight is 385 g/mol. The molecule has 0 aliphatic heterocycles. The molecule has 1 heterocycles. The van der Waals surface area contributed by atoms with Gasteiger partial charge in [0.15, 0.2) is 5.78 Å². The molecule has 0 saturated heterocycles. The second-order valence-corrected chi connectivity index (χ2v) is 5.31. The number of benzene rings is 1. The van der Waals surface area contributed by atoms with E-state index in [-0.39, 0.29) is 27.6 Å². The second kappa shape index (κ2) is 6.96. The topological polar surface area (TPSA) is 30.0 Å². The van der Waals surface area contributed by atoms with Gasteiger partial charge in [-0.1, -0.05) is 39.2 Å². The lowest BCUT2D eigenvalue weighted by Gasteiger charge is -2.10. The predicted octanol–water partition coefficient (Wildman–Crippen LogP) is 4.60. The summed E-state index contributed by atoms with van der Waals surface area (Å²) in [7, 11) is 0. The fourth-order valence-electron chi connectivity index (χ4n) is 1.94. The Kier molecular flexibility index (Phi) is 5.88. The first-order valence-electron chi connectivity index (χ1n) is 5.74. The minimum Gasteiger partial charge on any atom is -0.293 e. The fraction of sp³-hybridized carbons (Fsp3) is 0.200. The summed E-state index contributed by atoms with van der Waals surface area (Å²) in [6.07, 6.45) is 3.41. The number of aryl methyl sites for hydroxylation is 2. The number of pyridine rings is 1. The molecule has 0 radical (unpaired) electrons. The van der Waals surface area contributed by atoms with Crippen LogP contribution >= 0.6 is 32.9 Å². The van der Waals surface area contributed by atoms with Crippen LogP contribution < -0.4 is 0 Å². The first-order valence-corrected chi connectivity index (χ1v) is 6.66. The number of halogens is 2. The van der Waals surface area contributed by atoms with Crippen molar-refractivity contribution in [2.24, 2.45) is 0 Å². The number of hydrogen-bond acceptors (Lipinski definition) is 2. The van der Waals surface area contributed by atoms with E-state index in [1.807, 2.05) is 38.1 Å². The molecule has 2 nitrogen and oxygen atoms in total. The van der Waals surface area contributed by atoms with Crippen molar-refractivity contribution in [1.29, 1.82) is 0 Å². The Hall–Kier alpha value is -1.00. The summed E-state index contributed by atoms with van der Waals surface area (Å²) in [6, 6.07) is 9.62. The molecule has 4 heteroatoms. The van der Waals surface area contributed by atoms with E-state index >= 15 is 0 Å². The number of ketones is 1. The minimum absolute atomic E-state index is 0. The summed E-state index contributed by atoms with van der Waals surface area (Å²) >= 11 is 3.45. The molecule has 0 aliphatic carbocycles. The van der Waals surface area contributed by atoms with Crippen LogP contribution in [0.1, 0.15) is 31.9 Å². The number of hydrogen-bond donors (Lipinski definition) is 0. The number of nitrogens with zero attached hydrogens (tertiary/aromatic N) is 1. The van der Waals surface area contributed by atoms with Crippen LogP contribution in [-0.4, -0.2) is 10.8 Å². The highest BCUT2D eigenvalue weighted by Crippen LogP contribution is 2.27. The standard InChI is InChI=1S/C15H14BrNO.BrH/c1-10-6-11(2)8-13(7-10)15(18)14(16)12-4-3-5-17-9-12;/h3-9,14H,1-2H3;1H. The van der Waals surface area contributed by atoms with Gasteiger partial charge in [0, 0.05) is 18.0 Å². The van der Waals surface area contributed by atoms with Crippen LogP contribution in [-0.2, 0) is 0 Å². The molecule has 0 amide bonds. The van der Waals surface area contributed by atoms with Crippen LogP contribution in [0.4, 0.5) is 0 Å². The lowest BCUT2D eigenvalue weighted by molar-refractivity contribution is 0.0991. The maximum absolute atomic E-state index is 12.4. The number of aromatic nitrogens is 1. The maximum Gasteiger partial charge on any atom is 0.180 e. The van der Waals surface area contributed by atoms with Gasteiger partial charge in [-0.05, 0) is 37.6 Å². The van der Waals surface area contributed by atoms with Crippen molar-refractivity contribution >= 4 is 38.7 Å². The first kappa shape index (κ1) is 16.1. The van der Waals surface area contributed by atoms with Crippen LogP contribution in [0.25, 0.3) is 0 Å². The number of rotatable bonds is 3. The van der Waals surface area contributed by atoms with Crippen molar-refractivity contribution in [3.05, 3.63) is 65.0 Å². The highest BCUT2D eigenvalue weighted by atomic mass is 79.9. The van der Waals surface area contributed by atoms with Crippen LogP contribution in [0.3, 0.4) is 0 Å². The largest absolute Gasteiger partial charge is 0.293 e. The number of alkyl halides is 1. The molecule has 1 atom stereocenters.